The first-order chi connectivity index (χ1) is 18.3. The first-order valence-electron chi connectivity index (χ1n) is 13.7. The number of benzene rings is 1. The highest BCUT2D eigenvalue weighted by Crippen LogP contribution is 2.56. The summed E-state index contributed by atoms with van der Waals surface area (Å²) in [4.78, 5) is 22.4. The molecule has 2 aliphatic heterocycles. The average molecular weight is 521 g/mol. The summed E-state index contributed by atoms with van der Waals surface area (Å²) in [5.74, 6) is 1.10. The number of aryl methyl sites for hydroxylation is 2. The molecule has 1 saturated carbocycles. The van der Waals surface area contributed by atoms with Gasteiger partial charge in [-0.05, 0) is 54.5 Å². The number of nitrogens with zero attached hydrogens (tertiary/aromatic N) is 5. The predicted molar refractivity (Wildman–Crippen MR) is 146 cm³/mol. The molecule has 1 amide bonds. The summed E-state index contributed by atoms with van der Waals surface area (Å²) in [6.45, 7) is 10.1. The Labute approximate surface area is 223 Å². The van der Waals surface area contributed by atoms with Gasteiger partial charge in [0.1, 0.15) is 12.0 Å². The molecule has 1 aliphatic carbocycles. The second kappa shape index (κ2) is 9.61. The minimum atomic E-state index is -0.944. The van der Waals surface area contributed by atoms with Crippen molar-refractivity contribution in [3.8, 4) is 0 Å². The van der Waals surface area contributed by atoms with Crippen LogP contribution in [-0.4, -0.2) is 76.7 Å². The van der Waals surface area contributed by atoms with Crippen molar-refractivity contribution in [2.75, 3.05) is 49.6 Å². The van der Waals surface area contributed by atoms with Crippen LogP contribution in [0.2, 0.25) is 0 Å². The van der Waals surface area contributed by atoms with Gasteiger partial charge in [-0.2, -0.15) is 5.10 Å². The second-order valence-electron chi connectivity index (χ2n) is 11.4. The number of fused-ring (bicyclic) bond motifs is 1. The Morgan fingerprint density at radius 2 is 1.97 bits per heavy atom. The highest BCUT2D eigenvalue weighted by molar-refractivity contribution is 5.97. The molecule has 2 saturated heterocycles. The van der Waals surface area contributed by atoms with Gasteiger partial charge in [-0.1, -0.05) is 13.3 Å². The molecule has 38 heavy (non-hydrogen) atoms. The molecular weight excluding hydrogens is 483 g/mol. The number of anilines is 2. The zero-order chi connectivity index (χ0) is 26.6. The number of nitrogens with one attached hydrogen (secondary N) is 1. The van der Waals surface area contributed by atoms with Gasteiger partial charge in [-0.25, -0.2) is 9.37 Å². The summed E-state index contributed by atoms with van der Waals surface area (Å²) >= 11 is 0. The van der Waals surface area contributed by atoms with Crippen LogP contribution in [0.4, 0.5) is 15.9 Å². The van der Waals surface area contributed by atoms with E-state index >= 15 is 0 Å². The van der Waals surface area contributed by atoms with Crippen LogP contribution in [0.3, 0.4) is 0 Å². The molecule has 8 nitrogen and oxygen atoms in total. The molecule has 3 aliphatic rings. The van der Waals surface area contributed by atoms with Crippen molar-refractivity contribution >= 4 is 28.2 Å². The lowest BCUT2D eigenvalue weighted by Crippen LogP contribution is -2.59. The maximum atomic E-state index is 14.5. The van der Waals surface area contributed by atoms with Crippen molar-refractivity contribution in [2.45, 2.75) is 44.8 Å². The average Bonchev–Trinajstić information content (AvgIpc) is 3.33. The number of pyridine rings is 1. The van der Waals surface area contributed by atoms with Crippen molar-refractivity contribution in [1.29, 1.82) is 0 Å². The molecule has 202 valence electrons. The third-order valence-corrected chi connectivity index (χ3v) is 9.02. The number of alkyl halides is 1. The number of halogens is 1. The van der Waals surface area contributed by atoms with Gasteiger partial charge in [0.25, 0.3) is 0 Å². The Kier molecular flexibility index (Phi) is 6.39. The number of ether oxygens (including phenoxy) is 1. The van der Waals surface area contributed by atoms with Crippen molar-refractivity contribution in [2.24, 2.45) is 18.9 Å². The van der Waals surface area contributed by atoms with E-state index in [0.29, 0.717) is 18.3 Å². The lowest BCUT2D eigenvalue weighted by molar-refractivity contribution is -0.117. The maximum absolute atomic E-state index is 14.5. The molecule has 4 heterocycles. The molecular formula is C29H37FN6O2. The molecule has 9 heteroatoms. The van der Waals surface area contributed by atoms with E-state index in [4.69, 9.17) is 4.74 Å². The van der Waals surface area contributed by atoms with E-state index in [-0.39, 0.29) is 24.3 Å². The van der Waals surface area contributed by atoms with Gasteiger partial charge in [0.15, 0.2) is 0 Å². The van der Waals surface area contributed by atoms with E-state index in [2.05, 4.69) is 51.2 Å². The van der Waals surface area contributed by atoms with Gasteiger partial charge in [0, 0.05) is 68.5 Å². The first kappa shape index (κ1) is 25.2. The molecule has 1 aromatic carbocycles. The third kappa shape index (κ3) is 4.35. The Balaban J connectivity index is 1.16. The van der Waals surface area contributed by atoms with E-state index < -0.39 is 11.7 Å². The Hall–Kier alpha value is -3.04. The van der Waals surface area contributed by atoms with Crippen LogP contribution in [0.15, 0.2) is 36.8 Å². The summed E-state index contributed by atoms with van der Waals surface area (Å²) in [5, 5.41) is 9.46. The Morgan fingerprint density at radius 3 is 2.63 bits per heavy atom. The maximum Gasteiger partial charge on any atom is 0.229 e. The number of rotatable bonds is 6. The summed E-state index contributed by atoms with van der Waals surface area (Å²) in [6, 6.07) is 6.33. The SMILES string of the molecule is CC[C@H]1[C@H](C(=O)Nc2cc3cc(N4CCN([C@]5(C)COC[C@@H]5F)CC4)c(C)cc3cn2)[C@H]1c1cnn(C)c1. The van der Waals surface area contributed by atoms with Crippen LogP contribution in [0.5, 0.6) is 0 Å². The van der Waals surface area contributed by atoms with Crippen LogP contribution in [0.1, 0.15) is 37.3 Å². The van der Waals surface area contributed by atoms with Crippen LogP contribution in [0.25, 0.3) is 10.8 Å². The normalized spacial score (nSPS) is 29.7. The number of carbonyl (C=O) groups excluding carboxylic acids is 1. The standard InChI is InChI=1S/C29H37FN6O2/c1-5-22-26(21-14-32-34(4)15-21)27(22)28(37)33-25-12-19-11-23(18(2)10-20(19)13-31-25)35-6-8-36(9-7-35)29(3)17-38-16-24(29)30/h10-15,22,24,26-27H,5-9,16-17H2,1-4H3,(H,31,33,37)/t22-,24+,26+,27+,29-/m1/s1. The number of piperazine rings is 1. The van der Waals surface area contributed by atoms with Gasteiger partial charge in [0.2, 0.25) is 5.91 Å². The molecule has 6 rings (SSSR count). The number of hydrogen-bond acceptors (Lipinski definition) is 6. The molecule has 2 aromatic heterocycles. The van der Waals surface area contributed by atoms with Crippen LogP contribution >= 0.6 is 0 Å². The van der Waals surface area contributed by atoms with E-state index in [0.717, 1.165) is 48.9 Å². The molecule has 3 aromatic rings. The lowest BCUT2D eigenvalue weighted by Gasteiger charge is -2.45. The van der Waals surface area contributed by atoms with Crippen LogP contribution in [-0.2, 0) is 16.6 Å². The topological polar surface area (TPSA) is 75.5 Å². The van der Waals surface area contributed by atoms with Crippen molar-refractivity contribution < 1.29 is 13.9 Å². The molecule has 0 bridgehead atoms. The zero-order valence-corrected chi connectivity index (χ0v) is 22.7. The van der Waals surface area contributed by atoms with E-state index in [1.165, 1.54) is 11.3 Å². The number of amides is 1. The Bertz CT molecular complexity index is 1350. The van der Waals surface area contributed by atoms with Crippen molar-refractivity contribution in [3.63, 3.8) is 0 Å². The van der Waals surface area contributed by atoms with Gasteiger partial charge < -0.3 is 15.0 Å². The Morgan fingerprint density at radius 1 is 1.18 bits per heavy atom. The number of hydrogen-bond donors (Lipinski definition) is 1. The molecule has 0 spiro atoms. The minimum Gasteiger partial charge on any atom is -0.376 e. The second-order valence-corrected chi connectivity index (χ2v) is 11.4. The third-order valence-electron chi connectivity index (χ3n) is 9.02. The molecule has 0 unspecified atom stereocenters. The number of carbonyl (C=O) groups is 1. The molecule has 0 radical (unpaired) electrons. The van der Waals surface area contributed by atoms with Crippen LogP contribution < -0.4 is 10.2 Å². The molecule has 5 atom stereocenters. The lowest BCUT2D eigenvalue weighted by atomic mass is 9.96. The van der Waals surface area contributed by atoms with E-state index in [1.807, 2.05) is 38.6 Å². The first-order valence-corrected chi connectivity index (χ1v) is 13.7. The zero-order valence-electron chi connectivity index (χ0n) is 22.7. The number of aromatic nitrogens is 3. The van der Waals surface area contributed by atoms with Crippen molar-refractivity contribution in [1.82, 2.24) is 19.7 Å². The highest BCUT2D eigenvalue weighted by Gasteiger charge is 2.54. The summed E-state index contributed by atoms with van der Waals surface area (Å²) in [5.41, 5.74) is 2.96. The fraction of sp³-hybridized carbons (Fsp3) is 0.552. The van der Waals surface area contributed by atoms with Gasteiger partial charge >= 0.3 is 0 Å². The van der Waals surface area contributed by atoms with Gasteiger partial charge in [0.05, 0.1) is 24.9 Å². The molecule has 1 N–H and O–H groups in total. The fourth-order valence-electron chi connectivity index (χ4n) is 6.61. The highest BCUT2D eigenvalue weighted by atomic mass is 19.1. The van der Waals surface area contributed by atoms with E-state index in [1.54, 1.807) is 4.68 Å². The quantitative estimate of drug-likeness (QED) is 0.531. The van der Waals surface area contributed by atoms with Gasteiger partial charge in [-0.3, -0.25) is 14.4 Å². The largest absolute Gasteiger partial charge is 0.376 e. The fourth-order valence-corrected chi connectivity index (χ4v) is 6.61. The van der Waals surface area contributed by atoms with E-state index in [9.17, 15) is 9.18 Å². The predicted octanol–water partition coefficient (Wildman–Crippen LogP) is 3.90. The summed E-state index contributed by atoms with van der Waals surface area (Å²) in [6.07, 6.45) is 5.73. The minimum absolute atomic E-state index is 0.0246. The smallest absolute Gasteiger partial charge is 0.229 e. The summed E-state index contributed by atoms with van der Waals surface area (Å²) < 4.78 is 21.8. The van der Waals surface area contributed by atoms with Crippen molar-refractivity contribution in [3.05, 3.63) is 47.9 Å². The summed E-state index contributed by atoms with van der Waals surface area (Å²) in [7, 11) is 1.90. The molecule has 3 fully saturated rings. The van der Waals surface area contributed by atoms with Gasteiger partial charge in [-0.15, -0.1) is 0 Å². The van der Waals surface area contributed by atoms with Crippen LogP contribution in [0, 0.1) is 18.8 Å². The monoisotopic (exact) mass is 520 g/mol.